The van der Waals surface area contributed by atoms with E-state index in [1.165, 1.54) is 11.3 Å². The van der Waals surface area contributed by atoms with Crippen LogP contribution in [-0.2, 0) is 0 Å². The molecule has 18 heavy (non-hydrogen) atoms. The molecule has 3 nitrogen and oxygen atoms in total. The van der Waals surface area contributed by atoms with Gasteiger partial charge in [0.05, 0.1) is 5.51 Å². The van der Waals surface area contributed by atoms with Gasteiger partial charge in [0.2, 0.25) is 0 Å². The third kappa shape index (κ3) is 5.17. The standard InChI is InChI=1S/C14H24N2OS/c1-11(2)5-7-16(8-6-12(3)4)14(17)13-9-18-10-15-13/h9-12H,5-8H2,1-4H3. The van der Waals surface area contributed by atoms with Crippen molar-refractivity contribution in [3.8, 4) is 0 Å². The number of hydrogen-bond acceptors (Lipinski definition) is 3. The molecule has 0 spiro atoms. The molecule has 0 aliphatic rings. The van der Waals surface area contributed by atoms with Gasteiger partial charge in [-0.1, -0.05) is 27.7 Å². The predicted molar refractivity (Wildman–Crippen MR) is 76.9 cm³/mol. The van der Waals surface area contributed by atoms with Crippen LogP contribution in [-0.4, -0.2) is 28.9 Å². The van der Waals surface area contributed by atoms with Gasteiger partial charge in [0.15, 0.2) is 0 Å². The number of amides is 1. The molecule has 1 heterocycles. The Morgan fingerprint density at radius 2 is 1.78 bits per heavy atom. The summed E-state index contributed by atoms with van der Waals surface area (Å²) in [5.74, 6) is 1.32. The molecule has 4 heteroatoms. The second kappa shape index (κ2) is 7.52. The minimum atomic E-state index is 0.0811. The second-order valence-electron chi connectivity index (χ2n) is 5.53. The Hall–Kier alpha value is -0.900. The van der Waals surface area contributed by atoms with E-state index in [0.717, 1.165) is 25.9 Å². The molecule has 0 radical (unpaired) electrons. The lowest BCUT2D eigenvalue weighted by Gasteiger charge is -2.23. The van der Waals surface area contributed by atoms with E-state index in [2.05, 4.69) is 32.7 Å². The fraction of sp³-hybridized carbons (Fsp3) is 0.714. The molecular weight excluding hydrogens is 244 g/mol. The molecule has 1 aromatic heterocycles. The smallest absolute Gasteiger partial charge is 0.273 e. The Morgan fingerprint density at radius 1 is 1.22 bits per heavy atom. The fourth-order valence-electron chi connectivity index (χ4n) is 1.62. The third-order valence-corrected chi connectivity index (χ3v) is 3.48. The first-order chi connectivity index (χ1) is 8.50. The summed E-state index contributed by atoms with van der Waals surface area (Å²) in [5.41, 5.74) is 2.31. The molecule has 0 aliphatic carbocycles. The van der Waals surface area contributed by atoms with Crippen LogP contribution in [0, 0.1) is 11.8 Å². The number of nitrogens with zero attached hydrogens (tertiary/aromatic N) is 2. The summed E-state index contributed by atoms with van der Waals surface area (Å²) in [6.45, 7) is 10.4. The van der Waals surface area contributed by atoms with Crippen molar-refractivity contribution >= 4 is 17.2 Å². The highest BCUT2D eigenvalue weighted by molar-refractivity contribution is 7.07. The average molecular weight is 268 g/mol. The zero-order chi connectivity index (χ0) is 13.5. The minimum Gasteiger partial charge on any atom is -0.337 e. The molecule has 1 aromatic rings. The van der Waals surface area contributed by atoms with E-state index in [1.807, 2.05) is 10.3 Å². The Labute approximate surface area is 114 Å². The van der Waals surface area contributed by atoms with Gasteiger partial charge in [-0.25, -0.2) is 4.98 Å². The minimum absolute atomic E-state index is 0.0811. The SMILES string of the molecule is CC(C)CCN(CCC(C)C)C(=O)c1cscn1. The van der Waals surface area contributed by atoms with Crippen LogP contribution in [0.5, 0.6) is 0 Å². The van der Waals surface area contributed by atoms with Gasteiger partial charge < -0.3 is 4.90 Å². The van der Waals surface area contributed by atoms with Gasteiger partial charge in [-0.15, -0.1) is 11.3 Å². The molecule has 0 N–H and O–H groups in total. The van der Waals surface area contributed by atoms with E-state index in [0.29, 0.717) is 17.5 Å². The van der Waals surface area contributed by atoms with Crippen molar-refractivity contribution in [3.05, 3.63) is 16.6 Å². The lowest BCUT2D eigenvalue weighted by molar-refractivity contribution is 0.0735. The molecule has 1 amide bonds. The number of carbonyl (C=O) groups excluding carboxylic acids is 1. The first-order valence-corrected chi connectivity index (χ1v) is 7.62. The van der Waals surface area contributed by atoms with Gasteiger partial charge in [0.1, 0.15) is 5.69 Å². The maximum absolute atomic E-state index is 12.3. The molecule has 0 unspecified atom stereocenters. The van der Waals surface area contributed by atoms with E-state index in [4.69, 9.17) is 0 Å². The molecule has 0 atom stereocenters. The molecule has 0 saturated heterocycles. The Bertz CT molecular complexity index is 335. The number of hydrogen-bond donors (Lipinski definition) is 0. The van der Waals surface area contributed by atoms with Crippen molar-refractivity contribution in [2.45, 2.75) is 40.5 Å². The van der Waals surface area contributed by atoms with E-state index < -0.39 is 0 Å². The molecular formula is C14H24N2OS. The van der Waals surface area contributed by atoms with Crippen LogP contribution in [0.3, 0.4) is 0 Å². The topological polar surface area (TPSA) is 33.2 Å². The van der Waals surface area contributed by atoms with Crippen molar-refractivity contribution in [3.63, 3.8) is 0 Å². The maximum atomic E-state index is 12.3. The molecule has 1 rings (SSSR count). The van der Waals surface area contributed by atoms with Crippen LogP contribution >= 0.6 is 11.3 Å². The lowest BCUT2D eigenvalue weighted by Crippen LogP contribution is -2.34. The van der Waals surface area contributed by atoms with Gasteiger partial charge in [-0.2, -0.15) is 0 Å². The van der Waals surface area contributed by atoms with Crippen molar-refractivity contribution in [2.24, 2.45) is 11.8 Å². The number of aromatic nitrogens is 1. The van der Waals surface area contributed by atoms with Crippen LogP contribution in [0.25, 0.3) is 0 Å². The number of rotatable bonds is 7. The monoisotopic (exact) mass is 268 g/mol. The molecule has 0 aliphatic heterocycles. The molecule has 0 saturated carbocycles. The van der Waals surface area contributed by atoms with Crippen LogP contribution < -0.4 is 0 Å². The highest BCUT2D eigenvalue weighted by Crippen LogP contribution is 2.11. The fourth-order valence-corrected chi connectivity index (χ4v) is 2.15. The molecule has 0 aromatic carbocycles. The van der Waals surface area contributed by atoms with Crippen molar-refractivity contribution in [2.75, 3.05) is 13.1 Å². The molecule has 102 valence electrons. The van der Waals surface area contributed by atoms with Crippen molar-refractivity contribution in [1.29, 1.82) is 0 Å². The number of carbonyl (C=O) groups is 1. The van der Waals surface area contributed by atoms with Gasteiger partial charge in [0, 0.05) is 18.5 Å². The van der Waals surface area contributed by atoms with E-state index in [9.17, 15) is 4.79 Å². The van der Waals surface area contributed by atoms with Gasteiger partial charge >= 0.3 is 0 Å². The zero-order valence-corrected chi connectivity index (χ0v) is 12.7. The summed E-state index contributed by atoms with van der Waals surface area (Å²) in [4.78, 5) is 18.4. The average Bonchev–Trinajstić information content (AvgIpc) is 2.81. The summed E-state index contributed by atoms with van der Waals surface area (Å²) in [6, 6.07) is 0. The van der Waals surface area contributed by atoms with Crippen LogP contribution in [0.4, 0.5) is 0 Å². The third-order valence-electron chi connectivity index (χ3n) is 2.89. The quantitative estimate of drug-likeness (QED) is 0.756. The summed E-state index contributed by atoms with van der Waals surface area (Å²) in [5, 5.41) is 1.83. The summed E-state index contributed by atoms with van der Waals surface area (Å²) in [7, 11) is 0. The molecule has 0 bridgehead atoms. The van der Waals surface area contributed by atoms with E-state index >= 15 is 0 Å². The lowest BCUT2D eigenvalue weighted by atomic mass is 10.1. The highest BCUT2D eigenvalue weighted by atomic mass is 32.1. The predicted octanol–water partition coefficient (Wildman–Crippen LogP) is 3.68. The zero-order valence-electron chi connectivity index (χ0n) is 11.8. The van der Waals surface area contributed by atoms with Crippen LogP contribution in [0.15, 0.2) is 10.9 Å². The Kier molecular flexibility index (Phi) is 6.33. The van der Waals surface area contributed by atoms with Gasteiger partial charge in [0.25, 0.3) is 5.91 Å². The summed E-state index contributed by atoms with van der Waals surface area (Å²) >= 11 is 1.48. The van der Waals surface area contributed by atoms with E-state index in [1.54, 1.807) is 5.51 Å². The summed E-state index contributed by atoms with van der Waals surface area (Å²) in [6.07, 6.45) is 2.10. The van der Waals surface area contributed by atoms with Crippen molar-refractivity contribution in [1.82, 2.24) is 9.88 Å². The van der Waals surface area contributed by atoms with Crippen LogP contribution in [0.2, 0.25) is 0 Å². The van der Waals surface area contributed by atoms with Crippen LogP contribution in [0.1, 0.15) is 51.0 Å². The van der Waals surface area contributed by atoms with E-state index in [-0.39, 0.29) is 5.91 Å². The van der Waals surface area contributed by atoms with Gasteiger partial charge in [-0.05, 0) is 24.7 Å². The molecule has 0 fully saturated rings. The first kappa shape index (κ1) is 15.2. The number of thiazole rings is 1. The Balaban J connectivity index is 2.60. The highest BCUT2D eigenvalue weighted by Gasteiger charge is 2.17. The maximum Gasteiger partial charge on any atom is 0.273 e. The van der Waals surface area contributed by atoms with Crippen molar-refractivity contribution < 1.29 is 4.79 Å². The largest absolute Gasteiger partial charge is 0.337 e. The summed E-state index contributed by atoms with van der Waals surface area (Å²) < 4.78 is 0. The van der Waals surface area contributed by atoms with Gasteiger partial charge in [-0.3, -0.25) is 4.79 Å². The normalized spacial score (nSPS) is 11.2. The first-order valence-electron chi connectivity index (χ1n) is 6.68. The second-order valence-corrected chi connectivity index (χ2v) is 6.25. The Morgan fingerprint density at radius 3 is 2.17 bits per heavy atom.